The molecule has 3 rings (SSSR count). The first-order chi connectivity index (χ1) is 10.4. The van der Waals surface area contributed by atoms with Crippen LogP contribution in [0.15, 0.2) is 42.7 Å². The standard InChI is InChI=1S/C15H15ClN2O3S/c16-14-4-3-12(18-6-1-2-7-18)9-13(14)15(19)17-11-5-8-22(20,21)10-11/h1-4,6-7,9,11H,5,8,10H2,(H,17,19). The van der Waals surface area contributed by atoms with E-state index in [9.17, 15) is 13.2 Å². The summed E-state index contributed by atoms with van der Waals surface area (Å²) in [6, 6.07) is 8.61. The quantitative estimate of drug-likeness (QED) is 0.931. The summed E-state index contributed by atoms with van der Waals surface area (Å²) < 4.78 is 24.8. The Labute approximate surface area is 133 Å². The van der Waals surface area contributed by atoms with Crippen LogP contribution in [0.1, 0.15) is 16.8 Å². The van der Waals surface area contributed by atoms with E-state index in [-0.39, 0.29) is 23.5 Å². The number of sulfone groups is 1. The van der Waals surface area contributed by atoms with Crippen LogP contribution in [0.25, 0.3) is 5.69 Å². The fourth-order valence-electron chi connectivity index (χ4n) is 2.53. The molecule has 1 aromatic heterocycles. The zero-order valence-corrected chi connectivity index (χ0v) is 13.3. The molecule has 0 bridgehead atoms. The lowest BCUT2D eigenvalue weighted by molar-refractivity contribution is 0.0941. The number of aromatic nitrogens is 1. The molecule has 116 valence electrons. The first kappa shape index (κ1) is 15.1. The minimum absolute atomic E-state index is 0.00630. The summed E-state index contributed by atoms with van der Waals surface area (Å²) in [5.41, 5.74) is 1.16. The Bertz CT molecular complexity index is 800. The van der Waals surface area contributed by atoms with E-state index in [1.54, 1.807) is 12.1 Å². The van der Waals surface area contributed by atoms with E-state index >= 15 is 0 Å². The number of halogens is 1. The Morgan fingerprint density at radius 2 is 2.00 bits per heavy atom. The highest BCUT2D eigenvalue weighted by molar-refractivity contribution is 7.91. The first-order valence-electron chi connectivity index (χ1n) is 6.89. The van der Waals surface area contributed by atoms with Crippen molar-refractivity contribution in [2.75, 3.05) is 11.5 Å². The van der Waals surface area contributed by atoms with Crippen LogP contribution in [0.5, 0.6) is 0 Å². The van der Waals surface area contributed by atoms with E-state index in [0.29, 0.717) is 17.0 Å². The number of hydrogen-bond donors (Lipinski definition) is 1. The molecule has 0 saturated carbocycles. The number of carbonyl (C=O) groups is 1. The molecule has 1 aliphatic heterocycles. The van der Waals surface area contributed by atoms with Gasteiger partial charge in [-0.05, 0) is 36.8 Å². The second-order valence-electron chi connectivity index (χ2n) is 5.33. The molecule has 0 aliphatic carbocycles. The third-order valence-corrected chi connectivity index (χ3v) is 5.76. The smallest absolute Gasteiger partial charge is 0.253 e. The largest absolute Gasteiger partial charge is 0.348 e. The van der Waals surface area contributed by atoms with Gasteiger partial charge in [0.1, 0.15) is 0 Å². The van der Waals surface area contributed by atoms with Crippen LogP contribution in [0.2, 0.25) is 5.02 Å². The lowest BCUT2D eigenvalue weighted by atomic mass is 10.1. The summed E-state index contributed by atoms with van der Waals surface area (Å²) in [4.78, 5) is 12.4. The topological polar surface area (TPSA) is 68.2 Å². The van der Waals surface area contributed by atoms with Gasteiger partial charge in [0.25, 0.3) is 5.91 Å². The van der Waals surface area contributed by atoms with Crippen molar-refractivity contribution < 1.29 is 13.2 Å². The summed E-state index contributed by atoms with van der Waals surface area (Å²) in [6.07, 6.45) is 4.19. The SMILES string of the molecule is O=C(NC1CCS(=O)(=O)C1)c1cc(-n2cccc2)ccc1Cl. The first-order valence-corrected chi connectivity index (χ1v) is 9.09. The summed E-state index contributed by atoms with van der Waals surface area (Å²) >= 11 is 6.11. The van der Waals surface area contributed by atoms with Crippen molar-refractivity contribution in [1.82, 2.24) is 9.88 Å². The molecule has 5 nitrogen and oxygen atoms in total. The third kappa shape index (κ3) is 3.18. The van der Waals surface area contributed by atoms with Gasteiger partial charge in [0, 0.05) is 24.1 Å². The monoisotopic (exact) mass is 338 g/mol. The number of amides is 1. The highest BCUT2D eigenvalue weighted by Crippen LogP contribution is 2.21. The molecule has 1 aliphatic rings. The Hall–Kier alpha value is -1.79. The number of nitrogens with one attached hydrogen (secondary N) is 1. The van der Waals surface area contributed by atoms with Gasteiger partial charge >= 0.3 is 0 Å². The van der Waals surface area contributed by atoms with E-state index in [0.717, 1.165) is 5.69 Å². The van der Waals surface area contributed by atoms with Crippen molar-refractivity contribution in [3.63, 3.8) is 0 Å². The predicted molar refractivity (Wildman–Crippen MR) is 85.3 cm³/mol. The van der Waals surface area contributed by atoms with E-state index in [4.69, 9.17) is 11.6 Å². The molecule has 0 spiro atoms. The Balaban J connectivity index is 1.82. The zero-order chi connectivity index (χ0) is 15.7. The van der Waals surface area contributed by atoms with Gasteiger partial charge in [0.2, 0.25) is 0 Å². The van der Waals surface area contributed by atoms with E-state index in [2.05, 4.69) is 5.32 Å². The van der Waals surface area contributed by atoms with Gasteiger partial charge < -0.3 is 9.88 Å². The molecule has 2 aromatic rings. The van der Waals surface area contributed by atoms with Gasteiger partial charge in [-0.3, -0.25) is 4.79 Å². The van der Waals surface area contributed by atoms with Gasteiger partial charge in [0.05, 0.1) is 22.1 Å². The molecular formula is C15H15ClN2O3S. The van der Waals surface area contributed by atoms with Crippen molar-refractivity contribution >= 4 is 27.3 Å². The fourth-order valence-corrected chi connectivity index (χ4v) is 4.40. The van der Waals surface area contributed by atoms with Gasteiger partial charge in [-0.15, -0.1) is 0 Å². The van der Waals surface area contributed by atoms with Crippen molar-refractivity contribution in [2.24, 2.45) is 0 Å². The summed E-state index contributed by atoms with van der Waals surface area (Å²) in [7, 11) is -3.03. The van der Waals surface area contributed by atoms with Crippen LogP contribution in [0.3, 0.4) is 0 Å². The van der Waals surface area contributed by atoms with Crippen LogP contribution < -0.4 is 5.32 Å². The van der Waals surface area contributed by atoms with Crippen LogP contribution in [-0.2, 0) is 9.84 Å². The third-order valence-electron chi connectivity index (χ3n) is 3.66. The van der Waals surface area contributed by atoms with Crippen molar-refractivity contribution in [2.45, 2.75) is 12.5 Å². The van der Waals surface area contributed by atoms with Crippen molar-refractivity contribution in [3.8, 4) is 5.69 Å². The van der Waals surface area contributed by atoms with Crippen molar-refractivity contribution in [3.05, 3.63) is 53.3 Å². The number of nitrogens with zero attached hydrogens (tertiary/aromatic N) is 1. The van der Waals surface area contributed by atoms with Gasteiger partial charge in [-0.1, -0.05) is 11.6 Å². The molecule has 1 N–H and O–H groups in total. The number of benzene rings is 1. The second kappa shape index (κ2) is 5.78. The lowest BCUT2D eigenvalue weighted by Gasteiger charge is -2.13. The van der Waals surface area contributed by atoms with Crippen LogP contribution in [0.4, 0.5) is 0 Å². The van der Waals surface area contributed by atoms with Gasteiger partial charge in [-0.2, -0.15) is 0 Å². The van der Waals surface area contributed by atoms with Crippen LogP contribution >= 0.6 is 11.6 Å². The summed E-state index contributed by atoms with van der Waals surface area (Å²) in [5.74, 6) is -0.232. The maximum Gasteiger partial charge on any atom is 0.253 e. The zero-order valence-electron chi connectivity index (χ0n) is 11.7. The lowest BCUT2D eigenvalue weighted by Crippen LogP contribution is -2.35. The molecule has 0 radical (unpaired) electrons. The molecule has 1 saturated heterocycles. The van der Waals surface area contributed by atoms with Crippen LogP contribution in [-0.4, -0.2) is 36.4 Å². The number of carbonyl (C=O) groups excluding carboxylic acids is 1. The number of rotatable bonds is 3. The molecule has 1 fully saturated rings. The molecule has 7 heteroatoms. The maximum atomic E-state index is 12.4. The molecule has 1 aromatic carbocycles. The molecule has 22 heavy (non-hydrogen) atoms. The minimum atomic E-state index is -3.03. The van der Waals surface area contributed by atoms with Crippen LogP contribution in [0, 0.1) is 0 Å². The number of hydrogen-bond acceptors (Lipinski definition) is 3. The average molecular weight is 339 g/mol. The fraction of sp³-hybridized carbons (Fsp3) is 0.267. The molecular weight excluding hydrogens is 324 g/mol. The summed E-state index contributed by atoms with van der Waals surface area (Å²) in [5, 5.41) is 3.09. The summed E-state index contributed by atoms with van der Waals surface area (Å²) in [6.45, 7) is 0. The van der Waals surface area contributed by atoms with E-state index in [1.807, 2.05) is 35.2 Å². The van der Waals surface area contributed by atoms with E-state index in [1.165, 1.54) is 0 Å². The Morgan fingerprint density at radius 3 is 2.64 bits per heavy atom. The average Bonchev–Trinajstić information content (AvgIpc) is 3.09. The highest BCUT2D eigenvalue weighted by atomic mass is 35.5. The Morgan fingerprint density at radius 1 is 1.27 bits per heavy atom. The van der Waals surface area contributed by atoms with E-state index < -0.39 is 9.84 Å². The predicted octanol–water partition coefficient (Wildman–Crippen LogP) is 2.05. The molecule has 1 atom stereocenters. The van der Waals surface area contributed by atoms with Gasteiger partial charge in [-0.25, -0.2) is 8.42 Å². The highest BCUT2D eigenvalue weighted by Gasteiger charge is 2.29. The molecule has 1 unspecified atom stereocenters. The molecule has 1 amide bonds. The van der Waals surface area contributed by atoms with Gasteiger partial charge in [0.15, 0.2) is 9.84 Å². The maximum absolute atomic E-state index is 12.4. The van der Waals surface area contributed by atoms with Crippen molar-refractivity contribution in [1.29, 1.82) is 0 Å². The minimum Gasteiger partial charge on any atom is -0.348 e. The molecule has 2 heterocycles. The normalized spacial score (nSPS) is 20.0. The second-order valence-corrected chi connectivity index (χ2v) is 7.96. The Kier molecular flexibility index (Phi) is 3.97.